The van der Waals surface area contributed by atoms with E-state index >= 15 is 0 Å². The van der Waals surface area contributed by atoms with E-state index in [1.54, 1.807) is 48.5 Å². The lowest BCUT2D eigenvalue weighted by atomic mass is 9.84. The fraction of sp³-hybridized carbons (Fsp3) is 0.276. The molecule has 1 aliphatic heterocycles. The zero-order valence-electron chi connectivity index (χ0n) is 20.8. The van der Waals surface area contributed by atoms with E-state index in [1.165, 1.54) is 4.31 Å². The zero-order valence-corrected chi connectivity index (χ0v) is 22.3. The summed E-state index contributed by atoms with van der Waals surface area (Å²) in [6.07, 6.45) is 1.85. The molecular formula is C29H30ClNO4S. The molecule has 1 N–H and O–H groups in total. The maximum absolute atomic E-state index is 14.2. The van der Waals surface area contributed by atoms with Gasteiger partial charge in [-0.1, -0.05) is 92.5 Å². The van der Waals surface area contributed by atoms with Crippen LogP contribution in [0.25, 0.3) is 0 Å². The number of nitrogens with zero attached hydrogens (tertiary/aromatic N) is 1. The van der Waals surface area contributed by atoms with Crippen molar-refractivity contribution in [2.24, 2.45) is 0 Å². The maximum atomic E-state index is 14.2. The van der Waals surface area contributed by atoms with E-state index in [0.29, 0.717) is 16.1 Å². The maximum Gasteiger partial charge on any atom is 0.333 e. The van der Waals surface area contributed by atoms with Crippen LogP contribution in [-0.2, 0) is 20.2 Å². The van der Waals surface area contributed by atoms with Gasteiger partial charge in [-0.15, -0.1) is 0 Å². The first-order valence-corrected chi connectivity index (χ1v) is 13.6. The lowest BCUT2D eigenvalue weighted by Crippen LogP contribution is -2.42. The number of rotatable bonds is 5. The molecule has 0 amide bonds. The number of halogens is 1. The van der Waals surface area contributed by atoms with Crippen molar-refractivity contribution in [1.82, 2.24) is 4.31 Å². The Kier molecular flexibility index (Phi) is 7.15. The van der Waals surface area contributed by atoms with Crippen molar-refractivity contribution in [3.05, 3.63) is 112 Å². The number of aliphatic carboxylic acids is 1. The highest BCUT2D eigenvalue weighted by molar-refractivity contribution is 7.89. The number of carbonyl (C=O) groups is 1. The molecule has 0 unspecified atom stereocenters. The summed E-state index contributed by atoms with van der Waals surface area (Å²) in [5.41, 5.74) is 3.23. The molecule has 188 valence electrons. The highest BCUT2D eigenvalue weighted by Gasteiger charge is 2.44. The summed E-state index contributed by atoms with van der Waals surface area (Å²) in [6, 6.07) is 19.6. The minimum Gasteiger partial charge on any atom is -0.478 e. The van der Waals surface area contributed by atoms with Crippen LogP contribution in [0, 0.1) is 6.92 Å². The largest absolute Gasteiger partial charge is 0.478 e. The number of carboxylic acid groups (broad SMARTS) is 1. The van der Waals surface area contributed by atoms with Crippen LogP contribution in [0.15, 0.2) is 89.3 Å². The SMILES string of the molecule is Cc1ccc(S(=O)(=O)N2[C@@H](c3ccc(C(C)(C)C)cc3)C(C(=O)O)=CC[C@H]2c2cccc(Cl)c2)cc1. The van der Waals surface area contributed by atoms with E-state index in [2.05, 4.69) is 20.8 Å². The van der Waals surface area contributed by atoms with Gasteiger partial charge in [-0.2, -0.15) is 4.31 Å². The van der Waals surface area contributed by atoms with Crippen molar-refractivity contribution in [3.8, 4) is 0 Å². The first-order chi connectivity index (χ1) is 16.9. The van der Waals surface area contributed by atoms with Gasteiger partial charge in [0.05, 0.1) is 22.6 Å². The molecule has 3 aromatic carbocycles. The smallest absolute Gasteiger partial charge is 0.333 e. The summed E-state index contributed by atoms with van der Waals surface area (Å²) in [7, 11) is -4.11. The topological polar surface area (TPSA) is 74.7 Å². The van der Waals surface area contributed by atoms with Crippen LogP contribution in [0.1, 0.15) is 61.5 Å². The third-order valence-electron chi connectivity index (χ3n) is 6.59. The number of carboxylic acids is 1. The molecule has 0 saturated carbocycles. The molecule has 0 spiro atoms. The van der Waals surface area contributed by atoms with Gasteiger partial charge < -0.3 is 5.11 Å². The molecule has 0 aliphatic carbocycles. The monoisotopic (exact) mass is 523 g/mol. The Labute approximate surface area is 218 Å². The Morgan fingerprint density at radius 3 is 2.17 bits per heavy atom. The van der Waals surface area contributed by atoms with Gasteiger partial charge in [0.25, 0.3) is 0 Å². The van der Waals surface area contributed by atoms with Gasteiger partial charge in [-0.3, -0.25) is 0 Å². The van der Waals surface area contributed by atoms with Crippen molar-refractivity contribution in [3.63, 3.8) is 0 Å². The molecular weight excluding hydrogens is 494 g/mol. The Balaban J connectivity index is 1.95. The predicted molar refractivity (Wildman–Crippen MR) is 143 cm³/mol. The fourth-order valence-corrected chi connectivity index (χ4v) is 6.58. The minimum absolute atomic E-state index is 0.0347. The normalized spacial score (nSPS) is 19.1. The quantitative estimate of drug-likeness (QED) is 0.397. The van der Waals surface area contributed by atoms with Gasteiger partial charge in [-0.25, -0.2) is 13.2 Å². The van der Waals surface area contributed by atoms with Gasteiger partial charge in [0.1, 0.15) is 0 Å². The van der Waals surface area contributed by atoms with Crippen LogP contribution < -0.4 is 0 Å². The van der Waals surface area contributed by atoms with E-state index in [9.17, 15) is 18.3 Å². The van der Waals surface area contributed by atoms with Gasteiger partial charge in [0.2, 0.25) is 10.0 Å². The van der Waals surface area contributed by atoms with Gasteiger partial charge in [0.15, 0.2) is 0 Å². The second kappa shape index (κ2) is 9.85. The molecule has 0 aromatic heterocycles. The van der Waals surface area contributed by atoms with Crippen molar-refractivity contribution in [2.45, 2.75) is 56.5 Å². The molecule has 1 aliphatic rings. The van der Waals surface area contributed by atoms with E-state index in [0.717, 1.165) is 11.1 Å². The van der Waals surface area contributed by atoms with Crippen molar-refractivity contribution >= 4 is 27.6 Å². The first kappa shape index (κ1) is 26.1. The Hall–Kier alpha value is -2.93. The second-order valence-corrected chi connectivity index (χ2v) is 12.5. The third kappa shape index (κ3) is 5.12. The molecule has 7 heteroatoms. The molecule has 5 nitrogen and oxygen atoms in total. The highest BCUT2D eigenvalue weighted by Crippen LogP contribution is 2.46. The molecule has 36 heavy (non-hydrogen) atoms. The van der Waals surface area contributed by atoms with E-state index in [4.69, 9.17) is 11.6 Å². The summed E-state index contributed by atoms with van der Waals surface area (Å²) in [4.78, 5) is 12.5. The third-order valence-corrected chi connectivity index (χ3v) is 8.71. The molecule has 0 saturated heterocycles. The Morgan fingerprint density at radius 1 is 0.972 bits per heavy atom. The second-order valence-electron chi connectivity index (χ2n) is 10.2. The highest BCUT2D eigenvalue weighted by atomic mass is 35.5. The Bertz CT molecular complexity index is 1400. The summed E-state index contributed by atoms with van der Waals surface area (Å²) in [6.45, 7) is 8.16. The number of benzene rings is 3. The number of sulfonamides is 1. The standard InChI is InChI=1S/C29H30ClNO4S/c1-19-8-14-24(15-9-19)36(34,35)31-26(21-6-5-7-23(30)18-21)17-16-25(28(32)33)27(31)20-10-12-22(13-11-20)29(2,3)4/h5-16,18,26-27H,17H2,1-4H3,(H,32,33)/t26-,27-/m0/s1. The molecule has 0 bridgehead atoms. The molecule has 3 aromatic rings. The number of hydrogen-bond acceptors (Lipinski definition) is 3. The fourth-order valence-electron chi connectivity index (χ4n) is 4.60. The average Bonchev–Trinajstić information content (AvgIpc) is 2.83. The van der Waals surface area contributed by atoms with Crippen LogP contribution in [-0.4, -0.2) is 23.8 Å². The number of aryl methyl sites for hydroxylation is 1. The van der Waals surface area contributed by atoms with E-state index < -0.39 is 28.1 Å². The minimum atomic E-state index is -4.11. The predicted octanol–water partition coefficient (Wildman–Crippen LogP) is 6.83. The zero-order chi connectivity index (χ0) is 26.3. The Morgan fingerprint density at radius 2 is 1.61 bits per heavy atom. The van der Waals surface area contributed by atoms with Crippen LogP contribution in [0.3, 0.4) is 0 Å². The van der Waals surface area contributed by atoms with Crippen LogP contribution >= 0.6 is 11.6 Å². The lowest BCUT2D eigenvalue weighted by Gasteiger charge is -2.40. The molecule has 1 heterocycles. The van der Waals surface area contributed by atoms with Gasteiger partial charge >= 0.3 is 5.97 Å². The van der Waals surface area contributed by atoms with Crippen LogP contribution in [0.2, 0.25) is 5.02 Å². The lowest BCUT2D eigenvalue weighted by molar-refractivity contribution is -0.133. The number of hydrogen-bond donors (Lipinski definition) is 1. The molecule has 4 rings (SSSR count). The summed E-state index contributed by atoms with van der Waals surface area (Å²) >= 11 is 6.28. The summed E-state index contributed by atoms with van der Waals surface area (Å²) in [5, 5.41) is 10.6. The van der Waals surface area contributed by atoms with Crippen molar-refractivity contribution in [2.75, 3.05) is 0 Å². The van der Waals surface area contributed by atoms with Crippen LogP contribution in [0.4, 0.5) is 0 Å². The van der Waals surface area contributed by atoms with E-state index in [-0.39, 0.29) is 22.3 Å². The van der Waals surface area contributed by atoms with Gasteiger partial charge in [0, 0.05) is 5.02 Å². The summed E-state index contributed by atoms with van der Waals surface area (Å²) in [5.74, 6) is -1.14. The molecule has 0 radical (unpaired) electrons. The van der Waals surface area contributed by atoms with E-state index in [1.807, 2.05) is 37.3 Å². The van der Waals surface area contributed by atoms with Crippen molar-refractivity contribution in [1.29, 1.82) is 0 Å². The first-order valence-electron chi connectivity index (χ1n) is 11.8. The van der Waals surface area contributed by atoms with Crippen molar-refractivity contribution < 1.29 is 18.3 Å². The molecule has 0 fully saturated rings. The average molecular weight is 524 g/mol. The van der Waals surface area contributed by atoms with Gasteiger partial charge in [-0.05, 0) is 59.7 Å². The molecule has 2 atom stereocenters. The van der Waals surface area contributed by atoms with Crippen LogP contribution in [0.5, 0.6) is 0 Å². The summed E-state index contributed by atoms with van der Waals surface area (Å²) < 4.78 is 29.8.